The molecule has 2 amide bonds. The van der Waals surface area contributed by atoms with Gasteiger partial charge in [0, 0.05) is 4.90 Å². The summed E-state index contributed by atoms with van der Waals surface area (Å²) in [6.07, 6.45) is 3.51. The molecular formula is C18H28N4O2S. The molecule has 0 spiro atoms. The zero-order chi connectivity index (χ0) is 18.1. The molecule has 1 heterocycles. The number of nitrogens with two attached hydrogens (primary N) is 1. The van der Waals surface area contributed by atoms with Gasteiger partial charge in [-0.25, -0.2) is 0 Å². The van der Waals surface area contributed by atoms with Crippen molar-refractivity contribution in [2.45, 2.75) is 24.2 Å². The van der Waals surface area contributed by atoms with E-state index in [2.05, 4.69) is 15.5 Å². The molecule has 0 atom stereocenters. The van der Waals surface area contributed by atoms with Gasteiger partial charge in [0.2, 0.25) is 11.8 Å². The van der Waals surface area contributed by atoms with E-state index < -0.39 is 0 Å². The predicted octanol–water partition coefficient (Wildman–Crippen LogP) is 1.52. The van der Waals surface area contributed by atoms with Crippen LogP contribution in [-0.4, -0.2) is 55.7 Å². The van der Waals surface area contributed by atoms with E-state index in [1.54, 1.807) is 0 Å². The minimum absolute atomic E-state index is 0.0131. The van der Waals surface area contributed by atoms with E-state index in [-0.39, 0.29) is 17.6 Å². The molecule has 1 aliphatic rings. The zero-order valence-corrected chi connectivity index (χ0v) is 15.6. The van der Waals surface area contributed by atoms with Gasteiger partial charge in [0.05, 0.1) is 18.0 Å². The van der Waals surface area contributed by atoms with Crippen LogP contribution < -0.4 is 16.4 Å². The Labute approximate surface area is 153 Å². The second kappa shape index (κ2) is 10.4. The quantitative estimate of drug-likeness (QED) is 0.578. The van der Waals surface area contributed by atoms with Crippen molar-refractivity contribution < 1.29 is 9.59 Å². The van der Waals surface area contributed by atoms with Crippen LogP contribution in [0.3, 0.4) is 0 Å². The van der Waals surface area contributed by atoms with Crippen LogP contribution in [0.25, 0.3) is 0 Å². The van der Waals surface area contributed by atoms with E-state index >= 15 is 0 Å². The molecule has 0 bridgehead atoms. The minimum atomic E-state index is -0.368. The normalized spacial score (nSPS) is 15.9. The van der Waals surface area contributed by atoms with Crippen LogP contribution in [-0.2, 0) is 9.59 Å². The monoisotopic (exact) mass is 364 g/mol. The number of amides is 2. The highest BCUT2D eigenvalue weighted by Crippen LogP contribution is 2.27. The molecular weight excluding hydrogens is 336 g/mol. The van der Waals surface area contributed by atoms with E-state index in [0.717, 1.165) is 49.0 Å². The number of carbonyl (C=O) groups is 2. The van der Waals surface area contributed by atoms with Gasteiger partial charge in [-0.3, -0.25) is 14.5 Å². The maximum absolute atomic E-state index is 12.4. The molecule has 138 valence electrons. The number of para-hydroxylation sites is 1. The summed E-state index contributed by atoms with van der Waals surface area (Å²) in [5, 5.41) is 6.16. The molecule has 1 fully saturated rings. The Hall–Kier alpha value is -1.57. The van der Waals surface area contributed by atoms with Crippen LogP contribution in [0.2, 0.25) is 0 Å². The Morgan fingerprint density at radius 3 is 2.68 bits per heavy atom. The number of anilines is 1. The molecule has 1 aromatic rings. The molecule has 0 aliphatic carbocycles. The molecule has 0 radical (unpaired) electrons. The Bertz CT molecular complexity index is 574. The summed E-state index contributed by atoms with van der Waals surface area (Å²) in [6, 6.07) is 7.49. The average molecular weight is 365 g/mol. The molecule has 6 nitrogen and oxygen atoms in total. The lowest BCUT2D eigenvalue weighted by atomic mass is 9.93. The highest BCUT2D eigenvalue weighted by molar-refractivity contribution is 8.00. The number of carbonyl (C=O) groups excluding carboxylic acids is 2. The number of nitrogens with zero attached hydrogens (tertiary/aromatic N) is 1. The number of hydrogen-bond acceptors (Lipinski definition) is 5. The Morgan fingerprint density at radius 2 is 2.00 bits per heavy atom. The van der Waals surface area contributed by atoms with Crippen LogP contribution in [0, 0.1) is 5.92 Å². The van der Waals surface area contributed by atoms with Gasteiger partial charge in [0.25, 0.3) is 0 Å². The third-order valence-electron chi connectivity index (χ3n) is 4.41. The fraction of sp³-hybridized carbons (Fsp3) is 0.556. The van der Waals surface area contributed by atoms with Crippen molar-refractivity contribution in [3.05, 3.63) is 24.3 Å². The molecule has 0 aromatic heterocycles. The smallest absolute Gasteiger partial charge is 0.238 e. The molecule has 1 saturated heterocycles. The Kier molecular flexibility index (Phi) is 8.24. The van der Waals surface area contributed by atoms with Gasteiger partial charge in [0.1, 0.15) is 0 Å². The first kappa shape index (κ1) is 19.8. The van der Waals surface area contributed by atoms with E-state index in [1.165, 1.54) is 18.2 Å². The Morgan fingerprint density at radius 1 is 1.28 bits per heavy atom. The van der Waals surface area contributed by atoms with Gasteiger partial charge in [0.15, 0.2) is 0 Å². The van der Waals surface area contributed by atoms with Crippen molar-refractivity contribution in [1.29, 1.82) is 0 Å². The summed E-state index contributed by atoms with van der Waals surface area (Å²) < 4.78 is 0. The molecule has 2 rings (SSSR count). The number of hydrogen-bond donors (Lipinski definition) is 3. The summed E-state index contributed by atoms with van der Waals surface area (Å²) in [4.78, 5) is 26.4. The Balaban J connectivity index is 1.80. The minimum Gasteiger partial charge on any atom is -0.369 e. The molecule has 25 heavy (non-hydrogen) atoms. The molecule has 1 aliphatic heterocycles. The van der Waals surface area contributed by atoms with Crippen molar-refractivity contribution in [2.75, 3.05) is 44.3 Å². The van der Waals surface area contributed by atoms with Crippen molar-refractivity contribution in [2.24, 2.45) is 11.7 Å². The fourth-order valence-electron chi connectivity index (χ4n) is 3.02. The maximum atomic E-state index is 12.4. The second-order valence-electron chi connectivity index (χ2n) is 6.41. The standard InChI is InChI=1S/C18H28N4O2S/c1-20-9-6-14-7-10-22(11-8-14)12-18(24)21-15-4-2-3-5-16(15)25-13-17(19)23/h2-5,14,20H,6-13H2,1H3,(H2,19,23)(H,21,24). The third kappa shape index (κ3) is 7.05. The maximum Gasteiger partial charge on any atom is 0.238 e. The summed E-state index contributed by atoms with van der Waals surface area (Å²) >= 11 is 1.34. The number of rotatable bonds is 9. The second-order valence-corrected chi connectivity index (χ2v) is 7.43. The SMILES string of the molecule is CNCCC1CCN(CC(=O)Nc2ccccc2SCC(N)=O)CC1. The van der Waals surface area contributed by atoms with E-state index in [0.29, 0.717) is 6.54 Å². The van der Waals surface area contributed by atoms with Gasteiger partial charge in [-0.15, -0.1) is 11.8 Å². The summed E-state index contributed by atoms with van der Waals surface area (Å²) in [5.41, 5.74) is 5.94. The summed E-state index contributed by atoms with van der Waals surface area (Å²) in [6.45, 7) is 3.41. The number of likely N-dealkylation sites (tertiary alicyclic amines) is 1. The number of primary amides is 1. The topological polar surface area (TPSA) is 87.5 Å². The number of benzene rings is 1. The van der Waals surface area contributed by atoms with E-state index in [1.807, 2.05) is 31.3 Å². The third-order valence-corrected chi connectivity index (χ3v) is 5.50. The largest absolute Gasteiger partial charge is 0.369 e. The van der Waals surface area contributed by atoms with Crippen molar-refractivity contribution in [3.8, 4) is 0 Å². The van der Waals surface area contributed by atoms with Crippen molar-refractivity contribution >= 4 is 29.3 Å². The van der Waals surface area contributed by atoms with E-state index in [9.17, 15) is 9.59 Å². The van der Waals surface area contributed by atoms with Crippen LogP contribution >= 0.6 is 11.8 Å². The molecule has 0 saturated carbocycles. The lowest BCUT2D eigenvalue weighted by Crippen LogP contribution is -2.39. The number of piperidine rings is 1. The van der Waals surface area contributed by atoms with Crippen molar-refractivity contribution in [3.63, 3.8) is 0 Å². The predicted molar refractivity (Wildman–Crippen MR) is 103 cm³/mol. The van der Waals surface area contributed by atoms with Crippen LogP contribution in [0.15, 0.2) is 29.2 Å². The first-order valence-electron chi connectivity index (χ1n) is 8.75. The fourth-order valence-corrected chi connectivity index (χ4v) is 3.77. The molecule has 0 unspecified atom stereocenters. The lowest BCUT2D eigenvalue weighted by molar-refractivity contribution is -0.117. The number of thioether (sulfide) groups is 1. The van der Waals surface area contributed by atoms with Gasteiger partial charge >= 0.3 is 0 Å². The zero-order valence-electron chi connectivity index (χ0n) is 14.8. The van der Waals surface area contributed by atoms with Gasteiger partial charge in [-0.1, -0.05) is 12.1 Å². The van der Waals surface area contributed by atoms with Crippen molar-refractivity contribution in [1.82, 2.24) is 10.2 Å². The highest BCUT2D eigenvalue weighted by atomic mass is 32.2. The molecule has 1 aromatic carbocycles. The average Bonchev–Trinajstić information content (AvgIpc) is 2.60. The van der Waals surface area contributed by atoms with Gasteiger partial charge < -0.3 is 16.4 Å². The van der Waals surface area contributed by atoms with Gasteiger partial charge in [-0.05, 0) is 64.0 Å². The molecule has 4 N–H and O–H groups in total. The van der Waals surface area contributed by atoms with E-state index in [4.69, 9.17) is 5.73 Å². The first-order valence-corrected chi connectivity index (χ1v) is 9.74. The lowest BCUT2D eigenvalue weighted by Gasteiger charge is -2.31. The summed E-state index contributed by atoms with van der Waals surface area (Å²) in [5.74, 6) is 0.582. The summed E-state index contributed by atoms with van der Waals surface area (Å²) in [7, 11) is 1.99. The first-order chi connectivity index (χ1) is 12.1. The van der Waals surface area contributed by atoms with Crippen LogP contribution in [0.5, 0.6) is 0 Å². The highest BCUT2D eigenvalue weighted by Gasteiger charge is 2.20. The van der Waals surface area contributed by atoms with Gasteiger partial charge in [-0.2, -0.15) is 0 Å². The van der Waals surface area contributed by atoms with Crippen LogP contribution in [0.4, 0.5) is 5.69 Å². The number of nitrogens with one attached hydrogen (secondary N) is 2. The van der Waals surface area contributed by atoms with Crippen LogP contribution in [0.1, 0.15) is 19.3 Å². The molecule has 7 heteroatoms.